The van der Waals surface area contributed by atoms with Crippen molar-refractivity contribution in [1.82, 2.24) is 19.7 Å². The fourth-order valence-corrected chi connectivity index (χ4v) is 2.96. The van der Waals surface area contributed by atoms with Crippen molar-refractivity contribution in [2.24, 2.45) is 0 Å². The van der Waals surface area contributed by atoms with E-state index >= 15 is 0 Å². The molecule has 2 N–H and O–H groups in total. The monoisotopic (exact) mass is 384 g/mol. The van der Waals surface area contributed by atoms with Gasteiger partial charge in [0.05, 0.1) is 24.4 Å². The molecule has 0 saturated carbocycles. The van der Waals surface area contributed by atoms with E-state index in [0.29, 0.717) is 17.6 Å². The molecule has 144 valence electrons. The number of hydrogen-bond donors (Lipinski definition) is 2. The number of benzene rings is 1. The Balaban J connectivity index is 2.15. The summed E-state index contributed by atoms with van der Waals surface area (Å²) in [6.07, 6.45) is -4.78. The Morgan fingerprint density at radius 3 is 2.63 bits per heavy atom. The van der Waals surface area contributed by atoms with Gasteiger partial charge in [0.1, 0.15) is 17.2 Å². The molecule has 10 heteroatoms. The molecule has 0 spiro atoms. The minimum absolute atomic E-state index is 0.0401. The van der Waals surface area contributed by atoms with Crippen LogP contribution in [0.5, 0.6) is 0 Å². The molecule has 0 unspecified atom stereocenters. The zero-order valence-electron chi connectivity index (χ0n) is 14.4. The van der Waals surface area contributed by atoms with Crippen LogP contribution >= 0.6 is 0 Å². The van der Waals surface area contributed by atoms with E-state index in [1.807, 2.05) is 0 Å². The number of fused-ring (bicyclic) bond motifs is 1. The summed E-state index contributed by atoms with van der Waals surface area (Å²) < 4.78 is 53.5. The van der Waals surface area contributed by atoms with Gasteiger partial charge in [-0.3, -0.25) is 9.48 Å². The smallest absolute Gasteiger partial charge is 0.394 e. The maximum atomic E-state index is 13.9. The average Bonchev–Trinajstić information content (AvgIpc) is 2.91. The highest BCUT2D eigenvalue weighted by Crippen LogP contribution is 2.34. The van der Waals surface area contributed by atoms with Gasteiger partial charge in [0.15, 0.2) is 5.52 Å². The molecule has 2 heterocycles. The number of H-pyrrole nitrogens is 1. The number of alkyl halides is 3. The Labute approximate surface area is 150 Å². The zero-order valence-corrected chi connectivity index (χ0v) is 14.4. The molecule has 0 radical (unpaired) electrons. The van der Waals surface area contributed by atoms with Gasteiger partial charge in [-0.15, -0.1) is 0 Å². The van der Waals surface area contributed by atoms with E-state index in [0.717, 1.165) is 6.07 Å². The van der Waals surface area contributed by atoms with Gasteiger partial charge in [-0.25, -0.2) is 9.37 Å². The van der Waals surface area contributed by atoms with Crippen LogP contribution in [0.1, 0.15) is 35.5 Å². The van der Waals surface area contributed by atoms with E-state index < -0.39 is 29.0 Å². The molecule has 0 fully saturated rings. The maximum Gasteiger partial charge on any atom is 0.419 e. The molecule has 0 aliphatic rings. The van der Waals surface area contributed by atoms with E-state index in [1.165, 1.54) is 10.7 Å². The molecular weight excluding hydrogens is 368 g/mol. The minimum Gasteiger partial charge on any atom is -0.394 e. The van der Waals surface area contributed by atoms with Crippen molar-refractivity contribution in [3.8, 4) is 0 Å². The number of rotatable bonds is 4. The predicted molar refractivity (Wildman–Crippen MR) is 88.9 cm³/mol. The summed E-state index contributed by atoms with van der Waals surface area (Å²) in [6.45, 7) is 2.98. The van der Waals surface area contributed by atoms with Crippen LogP contribution in [0.25, 0.3) is 11.0 Å². The SMILES string of the molecule is Cc1nc2c([C@@H](C)c3ccc(C(F)(F)F)c(F)c3)nn(CCO)c2c(=O)[nH]1. The Morgan fingerprint density at radius 2 is 2.04 bits per heavy atom. The van der Waals surface area contributed by atoms with E-state index in [-0.39, 0.29) is 29.7 Å². The van der Waals surface area contributed by atoms with Crippen LogP contribution in [0, 0.1) is 12.7 Å². The standard InChI is InChI=1S/C17H16F4N4O2/c1-8(10-3-4-11(12(18)7-10)17(19,20)21)13-14-15(25(24-13)5-6-26)16(27)23-9(2)22-14/h3-4,7-8,26H,5-6H2,1-2H3,(H,22,23,27)/t8-/m0/s1. The van der Waals surface area contributed by atoms with E-state index in [4.69, 9.17) is 0 Å². The fraction of sp³-hybridized carbons (Fsp3) is 0.353. The van der Waals surface area contributed by atoms with Crippen molar-refractivity contribution >= 4 is 11.0 Å². The fourth-order valence-electron chi connectivity index (χ4n) is 2.96. The molecule has 0 amide bonds. The van der Waals surface area contributed by atoms with Crippen LogP contribution in [-0.2, 0) is 12.7 Å². The summed E-state index contributed by atoms with van der Waals surface area (Å²) in [6, 6.07) is 2.66. The molecule has 0 saturated heterocycles. The van der Waals surface area contributed by atoms with Gasteiger partial charge in [0, 0.05) is 5.92 Å². The number of hydrogen-bond acceptors (Lipinski definition) is 4. The van der Waals surface area contributed by atoms with Crippen LogP contribution in [-0.4, -0.2) is 31.5 Å². The van der Waals surface area contributed by atoms with Crippen molar-refractivity contribution in [1.29, 1.82) is 0 Å². The van der Waals surface area contributed by atoms with Crippen molar-refractivity contribution in [2.75, 3.05) is 6.61 Å². The number of nitrogens with zero attached hydrogens (tertiary/aromatic N) is 3. The number of nitrogens with one attached hydrogen (secondary N) is 1. The number of aryl methyl sites for hydroxylation is 1. The number of aliphatic hydroxyl groups is 1. The Kier molecular flexibility index (Phi) is 4.77. The Bertz CT molecular complexity index is 1060. The molecular formula is C17H16F4N4O2. The maximum absolute atomic E-state index is 13.9. The highest BCUT2D eigenvalue weighted by molar-refractivity contribution is 5.77. The van der Waals surface area contributed by atoms with E-state index in [9.17, 15) is 27.5 Å². The molecule has 2 aromatic heterocycles. The second-order valence-corrected chi connectivity index (χ2v) is 6.14. The first-order valence-corrected chi connectivity index (χ1v) is 8.08. The number of aliphatic hydroxyl groups excluding tert-OH is 1. The lowest BCUT2D eigenvalue weighted by atomic mass is 9.95. The van der Waals surface area contributed by atoms with Crippen LogP contribution < -0.4 is 5.56 Å². The second-order valence-electron chi connectivity index (χ2n) is 6.14. The highest BCUT2D eigenvalue weighted by atomic mass is 19.4. The first kappa shape index (κ1) is 19.0. The van der Waals surface area contributed by atoms with Gasteiger partial charge < -0.3 is 10.1 Å². The summed E-state index contributed by atoms with van der Waals surface area (Å²) in [5.74, 6) is -1.67. The lowest BCUT2D eigenvalue weighted by Gasteiger charge is -2.13. The van der Waals surface area contributed by atoms with Gasteiger partial charge >= 0.3 is 6.18 Å². The lowest BCUT2D eigenvalue weighted by Crippen LogP contribution is -2.15. The molecule has 0 bridgehead atoms. The van der Waals surface area contributed by atoms with E-state index in [1.54, 1.807) is 13.8 Å². The minimum atomic E-state index is -4.78. The summed E-state index contributed by atoms with van der Waals surface area (Å²) in [5, 5.41) is 13.5. The van der Waals surface area contributed by atoms with Crippen LogP contribution in [0.3, 0.4) is 0 Å². The van der Waals surface area contributed by atoms with Gasteiger partial charge in [-0.2, -0.15) is 18.3 Å². The third kappa shape index (κ3) is 3.44. The molecule has 27 heavy (non-hydrogen) atoms. The molecule has 0 aliphatic heterocycles. The van der Waals surface area contributed by atoms with Gasteiger partial charge in [0.25, 0.3) is 5.56 Å². The summed E-state index contributed by atoms with van der Waals surface area (Å²) >= 11 is 0. The van der Waals surface area contributed by atoms with Crippen molar-refractivity contribution in [3.63, 3.8) is 0 Å². The lowest BCUT2D eigenvalue weighted by molar-refractivity contribution is -0.140. The van der Waals surface area contributed by atoms with Gasteiger partial charge in [-0.05, 0) is 24.6 Å². The number of halogens is 4. The van der Waals surface area contributed by atoms with E-state index in [2.05, 4.69) is 15.1 Å². The predicted octanol–water partition coefficient (Wildman–Crippen LogP) is 2.73. The molecule has 6 nitrogen and oxygen atoms in total. The third-order valence-corrected chi connectivity index (χ3v) is 4.26. The van der Waals surface area contributed by atoms with Crippen LogP contribution in [0.4, 0.5) is 17.6 Å². The Morgan fingerprint density at radius 1 is 1.33 bits per heavy atom. The van der Waals surface area contributed by atoms with Crippen molar-refractivity contribution < 1.29 is 22.7 Å². The molecule has 3 aromatic rings. The molecule has 1 atom stereocenters. The first-order chi connectivity index (χ1) is 12.6. The molecule has 3 rings (SSSR count). The number of aromatic amines is 1. The third-order valence-electron chi connectivity index (χ3n) is 4.26. The zero-order chi connectivity index (χ0) is 19.9. The van der Waals surface area contributed by atoms with Gasteiger partial charge in [0.2, 0.25) is 0 Å². The summed E-state index contributed by atoms with van der Waals surface area (Å²) in [5.41, 5.74) is -0.820. The Hall–Kier alpha value is -2.75. The largest absolute Gasteiger partial charge is 0.419 e. The normalized spacial score (nSPS) is 13.3. The molecule has 1 aromatic carbocycles. The molecule has 0 aliphatic carbocycles. The average molecular weight is 384 g/mol. The van der Waals surface area contributed by atoms with Crippen LogP contribution in [0.15, 0.2) is 23.0 Å². The first-order valence-electron chi connectivity index (χ1n) is 8.08. The summed E-state index contributed by atoms with van der Waals surface area (Å²) in [7, 11) is 0. The quantitative estimate of drug-likeness (QED) is 0.678. The topological polar surface area (TPSA) is 83.8 Å². The highest BCUT2D eigenvalue weighted by Gasteiger charge is 2.34. The number of aromatic nitrogens is 4. The van der Waals surface area contributed by atoms with Crippen molar-refractivity contribution in [2.45, 2.75) is 32.5 Å². The van der Waals surface area contributed by atoms with Gasteiger partial charge in [-0.1, -0.05) is 13.0 Å². The van der Waals surface area contributed by atoms with Crippen LogP contribution in [0.2, 0.25) is 0 Å². The second kappa shape index (κ2) is 6.76. The summed E-state index contributed by atoms with van der Waals surface area (Å²) in [4.78, 5) is 19.1. The van der Waals surface area contributed by atoms with Crippen molar-refractivity contribution in [3.05, 3.63) is 57.0 Å².